The number of carbonyl (C=O) groups is 1. The van der Waals surface area contributed by atoms with E-state index in [0.29, 0.717) is 31.8 Å². The van der Waals surface area contributed by atoms with Crippen molar-refractivity contribution in [3.05, 3.63) is 35.9 Å². The summed E-state index contributed by atoms with van der Waals surface area (Å²) in [5.74, 6) is 0.250. The summed E-state index contributed by atoms with van der Waals surface area (Å²) >= 11 is 0. The van der Waals surface area contributed by atoms with Gasteiger partial charge in [0.25, 0.3) is 5.91 Å². The minimum absolute atomic E-state index is 0.0266. The number of benzene rings is 1. The van der Waals surface area contributed by atoms with E-state index in [4.69, 9.17) is 0 Å². The average Bonchev–Trinajstić information content (AvgIpc) is 2.86. The van der Waals surface area contributed by atoms with Crippen molar-refractivity contribution in [3.8, 4) is 0 Å². The molecule has 0 bridgehead atoms. The van der Waals surface area contributed by atoms with Gasteiger partial charge in [-0.2, -0.15) is 0 Å². The van der Waals surface area contributed by atoms with Gasteiger partial charge in [-0.3, -0.25) is 4.79 Å². The summed E-state index contributed by atoms with van der Waals surface area (Å²) in [6, 6.07) is 10.4. The monoisotopic (exact) mass is 316 g/mol. The molecule has 2 aliphatic rings. The summed E-state index contributed by atoms with van der Waals surface area (Å²) < 4.78 is 0. The number of rotatable bonds is 2. The quantitative estimate of drug-likeness (QED) is 0.909. The molecule has 2 aliphatic heterocycles. The fourth-order valence-electron chi connectivity index (χ4n) is 4.03. The van der Waals surface area contributed by atoms with Crippen LogP contribution in [0.25, 0.3) is 0 Å². The van der Waals surface area contributed by atoms with Crippen molar-refractivity contribution in [2.45, 2.75) is 38.2 Å². The van der Waals surface area contributed by atoms with E-state index in [0.717, 1.165) is 13.1 Å². The molecule has 4 nitrogen and oxygen atoms in total. The van der Waals surface area contributed by atoms with Crippen molar-refractivity contribution in [3.63, 3.8) is 0 Å². The number of amides is 1. The molecule has 1 atom stereocenters. The van der Waals surface area contributed by atoms with Gasteiger partial charge < -0.3 is 14.9 Å². The van der Waals surface area contributed by atoms with Gasteiger partial charge in [-0.15, -0.1) is 0 Å². The molecular formula is C19H28N2O2. The van der Waals surface area contributed by atoms with Crippen LogP contribution in [0, 0.1) is 5.41 Å². The first-order valence-electron chi connectivity index (χ1n) is 8.57. The van der Waals surface area contributed by atoms with Crippen LogP contribution in [0.3, 0.4) is 0 Å². The Hall–Kier alpha value is -1.39. The molecule has 2 saturated heterocycles. The van der Waals surface area contributed by atoms with Crippen LogP contribution in [0.5, 0.6) is 0 Å². The van der Waals surface area contributed by atoms with Crippen molar-refractivity contribution in [1.82, 2.24) is 9.80 Å². The summed E-state index contributed by atoms with van der Waals surface area (Å²) in [5, 5.41) is 10.8. The normalized spacial score (nSPS) is 27.1. The van der Waals surface area contributed by atoms with Crippen LogP contribution in [-0.2, 0) is 4.79 Å². The van der Waals surface area contributed by atoms with Crippen molar-refractivity contribution < 1.29 is 9.90 Å². The Morgan fingerprint density at radius 1 is 1.17 bits per heavy atom. The summed E-state index contributed by atoms with van der Waals surface area (Å²) in [4.78, 5) is 17.0. The summed E-state index contributed by atoms with van der Waals surface area (Å²) in [5.41, 5.74) is 0.135. The van der Waals surface area contributed by atoms with Gasteiger partial charge in [0.15, 0.2) is 0 Å². The predicted molar refractivity (Wildman–Crippen MR) is 91.2 cm³/mol. The Morgan fingerprint density at radius 3 is 2.39 bits per heavy atom. The van der Waals surface area contributed by atoms with Crippen molar-refractivity contribution in [1.29, 1.82) is 0 Å². The maximum atomic E-state index is 13.0. The molecule has 0 spiro atoms. The molecule has 1 aromatic carbocycles. The molecule has 0 aromatic heterocycles. The van der Waals surface area contributed by atoms with Gasteiger partial charge in [-0.25, -0.2) is 0 Å². The highest BCUT2D eigenvalue weighted by atomic mass is 16.3. The molecular weight excluding hydrogens is 288 g/mol. The minimum atomic E-state index is -1.17. The van der Waals surface area contributed by atoms with E-state index < -0.39 is 5.60 Å². The fourth-order valence-corrected chi connectivity index (χ4v) is 4.03. The molecule has 23 heavy (non-hydrogen) atoms. The highest BCUT2D eigenvalue weighted by Gasteiger charge is 2.48. The number of hydrogen-bond donors (Lipinski definition) is 1. The molecule has 0 radical (unpaired) electrons. The molecule has 0 unspecified atom stereocenters. The van der Waals surface area contributed by atoms with Gasteiger partial charge in [0.2, 0.25) is 0 Å². The lowest BCUT2D eigenvalue weighted by Crippen LogP contribution is -2.54. The second kappa shape index (κ2) is 5.91. The number of piperidine rings is 1. The number of carbonyl (C=O) groups excluding carboxylic acids is 1. The van der Waals surface area contributed by atoms with Crippen LogP contribution >= 0.6 is 0 Å². The van der Waals surface area contributed by atoms with Crippen molar-refractivity contribution in [2.75, 3.05) is 33.2 Å². The Morgan fingerprint density at radius 2 is 1.78 bits per heavy atom. The highest BCUT2D eigenvalue weighted by Crippen LogP contribution is 2.43. The molecule has 1 amide bonds. The van der Waals surface area contributed by atoms with Crippen LogP contribution < -0.4 is 0 Å². The number of likely N-dealkylation sites (tertiary alicyclic amines) is 2. The first-order valence-corrected chi connectivity index (χ1v) is 8.57. The second-order valence-corrected chi connectivity index (χ2v) is 7.97. The Balaban J connectivity index is 1.76. The van der Waals surface area contributed by atoms with Gasteiger partial charge in [-0.05, 0) is 30.9 Å². The van der Waals surface area contributed by atoms with Gasteiger partial charge in [-0.1, -0.05) is 44.2 Å². The summed E-state index contributed by atoms with van der Waals surface area (Å²) in [6.07, 6.45) is 1.07. The van der Waals surface area contributed by atoms with E-state index in [9.17, 15) is 9.90 Å². The highest BCUT2D eigenvalue weighted by molar-refractivity contribution is 5.85. The van der Waals surface area contributed by atoms with E-state index in [-0.39, 0.29) is 11.3 Å². The zero-order valence-electron chi connectivity index (χ0n) is 14.5. The molecule has 4 heteroatoms. The van der Waals surface area contributed by atoms with E-state index in [1.54, 1.807) is 0 Å². The van der Waals surface area contributed by atoms with E-state index in [1.807, 2.05) is 18.0 Å². The second-order valence-electron chi connectivity index (χ2n) is 7.97. The SMILES string of the molecule is CN1CCC(O)(C(=O)N2C[C@@H](c3ccccc3)C(C)(C)C2)CC1. The molecule has 1 N–H and O–H groups in total. The zero-order chi connectivity index (χ0) is 16.7. The minimum Gasteiger partial charge on any atom is -0.380 e. The van der Waals surface area contributed by atoms with Gasteiger partial charge in [0.05, 0.1) is 0 Å². The van der Waals surface area contributed by atoms with Crippen LogP contribution in [-0.4, -0.2) is 59.6 Å². The Kier molecular flexibility index (Phi) is 4.23. The van der Waals surface area contributed by atoms with Crippen LogP contribution in [0.4, 0.5) is 0 Å². The molecule has 2 heterocycles. The summed E-state index contributed by atoms with van der Waals surface area (Å²) in [6.45, 7) is 7.41. The maximum absolute atomic E-state index is 13.0. The molecule has 0 aliphatic carbocycles. The van der Waals surface area contributed by atoms with Crippen molar-refractivity contribution >= 4 is 5.91 Å². The largest absolute Gasteiger partial charge is 0.380 e. The fraction of sp³-hybridized carbons (Fsp3) is 0.632. The lowest BCUT2D eigenvalue weighted by Gasteiger charge is -2.37. The zero-order valence-corrected chi connectivity index (χ0v) is 14.5. The third kappa shape index (κ3) is 3.15. The first-order chi connectivity index (χ1) is 10.8. The third-order valence-corrected chi connectivity index (χ3v) is 5.65. The topological polar surface area (TPSA) is 43.8 Å². The molecule has 3 rings (SSSR count). The molecule has 1 aromatic rings. The average molecular weight is 316 g/mol. The van der Waals surface area contributed by atoms with Gasteiger partial charge in [0, 0.05) is 32.1 Å². The number of hydrogen-bond acceptors (Lipinski definition) is 3. The predicted octanol–water partition coefficient (Wildman–Crippen LogP) is 2.10. The van der Waals surface area contributed by atoms with Gasteiger partial charge in [0.1, 0.15) is 5.60 Å². The molecule has 0 saturated carbocycles. The molecule has 126 valence electrons. The lowest BCUT2D eigenvalue weighted by molar-refractivity contribution is -0.155. The van der Waals surface area contributed by atoms with Crippen LogP contribution in [0.15, 0.2) is 30.3 Å². The summed E-state index contributed by atoms with van der Waals surface area (Å²) in [7, 11) is 2.04. The Bertz CT molecular complexity index is 562. The molecule has 2 fully saturated rings. The number of aliphatic hydroxyl groups is 1. The Labute approximate surface area is 139 Å². The standard InChI is InChI=1S/C19H28N2O2/c1-18(2)14-21(13-16(18)15-7-5-4-6-8-15)17(22)19(23)9-11-20(3)12-10-19/h4-8,16,23H,9-14H2,1-3H3/t16-/m0/s1. The number of nitrogens with zero attached hydrogens (tertiary/aromatic N) is 2. The van der Waals surface area contributed by atoms with Gasteiger partial charge >= 0.3 is 0 Å². The van der Waals surface area contributed by atoms with E-state index in [2.05, 4.69) is 43.0 Å². The van der Waals surface area contributed by atoms with E-state index >= 15 is 0 Å². The van der Waals surface area contributed by atoms with Crippen LogP contribution in [0.1, 0.15) is 38.2 Å². The maximum Gasteiger partial charge on any atom is 0.254 e. The van der Waals surface area contributed by atoms with Crippen molar-refractivity contribution in [2.24, 2.45) is 5.41 Å². The third-order valence-electron chi connectivity index (χ3n) is 5.65. The van der Waals surface area contributed by atoms with Crippen LogP contribution in [0.2, 0.25) is 0 Å². The smallest absolute Gasteiger partial charge is 0.254 e. The van der Waals surface area contributed by atoms with E-state index in [1.165, 1.54) is 5.56 Å². The lowest BCUT2D eigenvalue weighted by atomic mass is 9.78. The first kappa shape index (κ1) is 16.5.